The zero-order valence-corrected chi connectivity index (χ0v) is 14.0. The molecule has 0 spiro atoms. The lowest BCUT2D eigenvalue weighted by Gasteiger charge is -2.12. The number of aromatic nitrogens is 5. The molecule has 24 heavy (non-hydrogen) atoms. The molecular formula is C16H21N7O. The lowest BCUT2D eigenvalue weighted by molar-refractivity contribution is 0.251. The van der Waals surface area contributed by atoms with Crippen molar-refractivity contribution in [2.24, 2.45) is 5.92 Å². The van der Waals surface area contributed by atoms with E-state index in [2.05, 4.69) is 39.5 Å². The Morgan fingerprint density at radius 2 is 2.21 bits per heavy atom. The lowest BCUT2D eigenvalue weighted by atomic mass is 10.2. The number of fused-ring (bicyclic) bond motifs is 1. The zero-order chi connectivity index (χ0) is 17.1. The number of anilines is 1. The maximum Gasteiger partial charge on any atom is 0.319 e. The van der Waals surface area contributed by atoms with Crippen molar-refractivity contribution in [2.75, 3.05) is 5.32 Å². The van der Waals surface area contributed by atoms with Crippen LogP contribution in [0, 0.1) is 12.8 Å². The molecule has 0 saturated heterocycles. The molecule has 8 heteroatoms. The van der Waals surface area contributed by atoms with Crippen LogP contribution in [-0.2, 0) is 13.1 Å². The van der Waals surface area contributed by atoms with Gasteiger partial charge in [0.2, 0.25) is 0 Å². The maximum atomic E-state index is 12.2. The predicted molar refractivity (Wildman–Crippen MR) is 90.6 cm³/mol. The molecule has 3 heterocycles. The van der Waals surface area contributed by atoms with Gasteiger partial charge in [-0.1, -0.05) is 13.8 Å². The van der Waals surface area contributed by atoms with Gasteiger partial charge in [0.05, 0.1) is 24.3 Å². The van der Waals surface area contributed by atoms with E-state index in [9.17, 15) is 4.79 Å². The summed E-state index contributed by atoms with van der Waals surface area (Å²) in [4.78, 5) is 20.7. The molecule has 0 saturated carbocycles. The first-order chi connectivity index (χ1) is 11.5. The second kappa shape index (κ2) is 6.69. The molecule has 0 aliphatic heterocycles. The van der Waals surface area contributed by atoms with Crippen molar-refractivity contribution in [2.45, 2.75) is 33.9 Å². The average molecular weight is 327 g/mol. The molecule has 0 fully saturated rings. The molecule has 0 aliphatic rings. The van der Waals surface area contributed by atoms with Crippen molar-refractivity contribution in [3.63, 3.8) is 0 Å². The highest BCUT2D eigenvalue weighted by Gasteiger charge is 2.10. The number of hydrogen-bond acceptors (Lipinski definition) is 4. The molecule has 0 radical (unpaired) electrons. The predicted octanol–water partition coefficient (Wildman–Crippen LogP) is 2.21. The van der Waals surface area contributed by atoms with Gasteiger partial charge in [-0.3, -0.25) is 0 Å². The first kappa shape index (κ1) is 16.0. The Balaban J connectivity index is 1.64. The van der Waals surface area contributed by atoms with Gasteiger partial charge in [0.15, 0.2) is 5.65 Å². The van der Waals surface area contributed by atoms with Gasteiger partial charge in [-0.2, -0.15) is 5.10 Å². The fourth-order valence-corrected chi connectivity index (χ4v) is 2.50. The normalized spacial score (nSPS) is 11.2. The summed E-state index contributed by atoms with van der Waals surface area (Å²) >= 11 is 0. The van der Waals surface area contributed by atoms with E-state index in [4.69, 9.17) is 0 Å². The second-order valence-electron chi connectivity index (χ2n) is 6.09. The highest BCUT2D eigenvalue weighted by Crippen LogP contribution is 2.14. The van der Waals surface area contributed by atoms with E-state index in [-0.39, 0.29) is 6.03 Å². The van der Waals surface area contributed by atoms with E-state index in [0.717, 1.165) is 12.2 Å². The number of aryl methyl sites for hydroxylation is 1. The number of carbonyl (C=O) groups is 1. The van der Waals surface area contributed by atoms with Gasteiger partial charge in [-0.05, 0) is 25.0 Å². The fraction of sp³-hybridized carbons (Fsp3) is 0.375. The number of nitrogens with zero attached hydrogens (tertiary/aromatic N) is 5. The van der Waals surface area contributed by atoms with E-state index < -0.39 is 0 Å². The third-order valence-corrected chi connectivity index (χ3v) is 3.51. The van der Waals surface area contributed by atoms with Crippen LogP contribution in [0.15, 0.2) is 30.9 Å². The SMILES string of the molecule is Cc1nc2c(NC(=O)NCc3cncn3CC(C)C)cccn2n1. The van der Waals surface area contributed by atoms with Gasteiger partial charge in [0.25, 0.3) is 0 Å². The number of nitrogens with one attached hydrogen (secondary N) is 2. The summed E-state index contributed by atoms with van der Waals surface area (Å²) < 4.78 is 3.69. The zero-order valence-electron chi connectivity index (χ0n) is 14.0. The van der Waals surface area contributed by atoms with Crippen LogP contribution in [0.3, 0.4) is 0 Å². The van der Waals surface area contributed by atoms with Crippen molar-refractivity contribution < 1.29 is 4.79 Å². The van der Waals surface area contributed by atoms with Crippen molar-refractivity contribution in [1.29, 1.82) is 0 Å². The maximum absolute atomic E-state index is 12.2. The number of urea groups is 1. The highest BCUT2D eigenvalue weighted by molar-refractivity contribution is 5.92. The van der Waals surface area contributed by atoms with Crippen LogP contribution < -0.4 is 10.6 Å². The molecule has 2 N–H and O–H groups in total. The molecule has 2 amide bonds. The van der Waals surface area contributed by atoms with Crippen LogP contribution in [0.5, 0.6) is 0 Å². The third kappa shape index (κ3) is 3.53. The summed E-state index contributed by atoms with van der Waals surface area (Å²) in [5.41, 5.74) is 2.21. The molecule has 0 bridgehead atoms. The third-order valence-electron chi connectivity index (χ3n) is 3.51. The van der Waals surface area contributed by atoms with Crippen molar-refractivity contribution in [1.82, 2.24) is 29.5 Å². The van der Waals surface area contributed by atoms with Gasteiger partial charge in [0, 0.05) is 18.9 Å². The number of imidazole rings is 1. The van der Waals surface area contributed by atoms with Gasteiger partial charge in [-0.15, -0.1) is 0 Å². The number of hydrogen-bond donors (Lipinski definition) is 2. The first-order valence-corrected chi connectivity index (χ1v) is 7.89. The van der Waals surface area contributed by atoms with E-state index in [1.165, 1.54) is 0 Å². The van der Waals surface area contributed by atoms with E-state index in [0.29, 0.717) is 29.6 Å². The van der Waals surface area contributed by atoms with Gasteiger partial charge in [0.1, 0.15) is 5.82 Å². The standard InChI is InChI=1S/C16H21N7O/c1-11(2)9-22-10-17-7-13(22)8-18-16(24)20-14-5-4-6-23-15(14)19-12(3)21-23/h4-7,10-11H,8-9H2,1-3H3,(H2,18,20,24). The van der Waals surface area contributed by atoms with E-state index >= 15 is 0 Å². The Hall–Kier alpha value is -2.90. The van der Waals surface area contributed by atoms with Crippen molar-refractivity contribution in [3.05, 3.63) is 42.4 Å². The Morgan fingerprint density at radius 3 is 3.00 bits per heavy atom. The van der Waals surface area contributed by atoms with Crippen molar-refractivity contribution >= 4 is 17.4 Å². The first-order valence-electron chi connectivity index (χ1n) is 7.89. The molecule has 3 aromatic heterocycles. The van der Waals surface area contributed by atoms with Crippen LogP contribution >= 0.6 is 0 Å². The average Bonchev–Trinajstić information content (AvgIpc) is 3.10. The molecule has 0 aliphatic carbocycles. The summed E-state index contributed by atoms with van der Waals surface area (Å²) in [6, 6.07) is 3.32. The number of rotatable bonds is 5. The van der Waals surface area contributed by atoms with Crippen LogP contribution in [-0.4, -0.2) is 30.2 Å². The number of pyridine rings is 1. The summed E-state index contributed by atoms with van der Waals surface area (Å²) in [7, 11) is 0. The minimum atomic E-state index is -0.291. The topological polar surface area (TPSA) is 89.1 Å². The van der Waals surface area contributed by atoms with Gasteiger partial charge < -0.3 is 15.2 Å². The molecule has 3 rings (SSSR count). The smallest absolute Gasteiger partial charge is 0.319 e. The van der Waals surface area contributed by atoms with E-state index in [1.54, 1.807) is 29.3 Å². The largest absolute Gasteiger partial charge is 0.333 e. The second-order valence-corrected chi connectivity index (χ2v) is 6.09. The van der Waals surface area contributed by atoms with Gasteiger partial charge >= 0.3 is 6.03 Å². The minimum absolute atomic E-state index is 0.291. The van der Waals surface area contributed by atoms with E-state index in [1.807, 2.05) is 17.6 Å². The summed E-state index contributed by atoms with van der Waals surface area (Å²) in [6.45, 7) is 7.38. The minimum Gasteiger partial charge on any atom is -0.333 e. The molecule has 0 aromatic carbocycles. The summed E-state index contributed by atoms with van der Waals surface area (Å²) in [5.74, 6) is 1.17. The fourth-order valence-electron chi connectivity index (χ4n) is 2.50. The monoisotopic (exact) mass is 327 g/mol. The summed E-state index contributed by atoms with van der Waals surface area (Å²) in [5, 5.41) is 9.90. The Kier molecular flexibility index (Phi) is 4.45. The lowest BCUT2D eigenvalue weighted by Crippen LogP contribution is -2.29. The van der Waals surface area contributed by atoms with Crippen LogP contribution in [0.25, 0.3) is 5.65 Å². The molecule has 0 unspecified atom stereocenters. The molecule has 3 aromatic rings. The Morgan fingerprint density at radius 1 is 1.38 bits per heavy atom. The van der Waals surface area contributed by atoms with Crippen LogP contribution in [0.2, 0.25) is 0 Å². The molecule has 8 nitrogen and oxygen atoms in total. The molecule has 0 atom stereocenters. The Labute approximate surface area is 139 Å². The van der Waals surface area contributed by atoms with Crippen molar-refractivity contribution in [3.8, 4) is 0 Å². The molecular weight excluding hydrogens is 306 g/mol. The number of carbonyl (C=O) groups excluding carboxylic acids is 1. The summed E-state index contributed by atoms with van der Waals surface area (Å²) in [6.07, 6.45) is 5.35. The number of amides is 2. The Bertz CT molecular complexity index is 849. The van der Waals surface area contributed by atoms with Crippen LogP contribution in [0.4, 0.5) is 10.5 Å². The van der Waals surface area contributed by atoms with Crippen LogP contribution in [0.1, 0.15) is 25.4 Å². The molecule has 126 valence electrons. The quantitative estimate of drug-likeness (QED) is 0.752. The van der Waals surface area contributed by atoms with Gasteiger partial charge in [-0.25, -0.2) is 19.3 Å². The highest BCUT2D eigenvalue weighted by atomic mass is 16.2.